The predicted octanol–water partition coefficient (Wildman–Crippen LogP) is 3.73. The van der Waals surface area contributed by atoms with Gasteiger partial charge >= 0.3 is 11.9 Å². The van der Waals surface area contributed by atoms with Gasteiger partial charge in [0.1, 0.15) is 11.1 Å². The number of nitro benzene ring substituents is 1. The SMILES string of the molecule is COC(=O)c1c(-c2ccc([N+](=O)[O-])cc2)c(C(=O)OC)c(C)[n+](-c2ccccc2)c1C. The lowest BCUT2D eigenvalue weighted by Crippen LogP contribution is -2.42. The second-order valence-corrected chi connectivity index (χ2v) is 6.75. The zero-order valence-corrected chi connectivity index (χ0v) is 17.5. The van der Waals surface area contributed by atoms with Crippen molar-refractivity contribution in [2.75, 3.05) is 14.2 Å². The zero-order valence-electron chi connectivity index (χ0n) is 17.5. The van der Waals surface area contributed by atoms with E-state index in [-0.39, 0.29) is 16.8 Å². The van der Waals surface area contributed by atoms with Crippen LogP contribution in [0.2, 0.25) is 0 Å². The van der Waals surface area contributed by atoms with Gasteiger partial charge in [-0.1, -0.05) is 18.2 Å². The van der Waals surface area contributed by atoms with Gasteiger partial charge in [-0.3, -0.25) is 10.1 Å². The van der Waals surface area contributed by atoms with E-state index in [9.17, 15) is 19.7 Å². The highest BCUT2D eigenvalue weighted by atomic mass is 16.6. The molecule has 0 atom stereocenters. The lowest BCUT2D eigenvalue weighted by molar-refractivity contribution is -0.609. The molecule has 1 aromatic heterocycles. The predicted molar refractivity (Wildman–Crippen MR) is 112 cm³/mol. The van der Waals surface area contributed by atoms with E-state index < -0.39 is 16.9 Å². The molecular formula is C23H21N2O6+. The Kier molecular flexibility index (Phi) is 6.10. The molecule has 3 aromatic rings. The fourth-order valence-corrected chi connectivity index (χ4v) is 3.67. The van der Waals surface area contributed by atoms with Crippen LogP contribution in [0, 0.1) is 24.0 Å². The first-order chi connectivity index (χ1) is 14.8. The Balaban J connectivity index is 2.47. The minimum absolute atomic E-state index is 0.105. The third-order valence-electron chi connectivity index (χ3n) is 5.05. The van der Waals surface area contributed by atoms with Crippen LogP contribution in [0.25, 0.3) is 16.8 Å². The number of carbonyl (C=O) groups is 2. The van der Waals surface area contributed by atoms with Crippen LogP contribution >= 0.6 is 0 Å². The Morgan fingerprint density at radius 2 is 1.32 bits per heavy atom. The molecule has 0 aliphatic heterocycles. The summed E-state index contributed by atoms with van der Waals surface area (Å²) >= 11 is 0. The van der Waals surface area contributed by atoms with Crippen LogP contribution in [0.5, 0.6) is 0 Å². The summed E-state index contributed by atoms with van der Waals surface area (Å²) in [7, 11) is 2.51. The van der Waals surface area contributed by atoms with E-state index in [2.05, 4.69) is 0 Å². The number of nitro groups is 1. The molecular weight excluding hydrogens is 400 g/mol. The van der Waals surface area contributed by atoms with Crippen LogP contribution in [0.3, 0.4) is 0 Å². The lowest BCUT2D eigenvalue weighted by Gasteiger charge is -2.17. The van der Waals surface area contributed by atoms with Gasteiger partial charge in [-0.05, 0) is 17.7 Å². The first kappa shape index (κ1) is 21.6. The summed E-state index contributed by atoms with van der Waals surface area (Å²) in [5.41, 5.74) is 2.86. The van der Waals surface area contributed by atoms with Crippen LogP contribution < -0.4 is 4.57 Å². The number of methoxy groups -OCH3 is 2. The number of benzene rings is 2. The normalized spacial score (nSPS) is 10.5. The van der Waals surface area contributed by atoms with Crippen molar-refractivity contribution in [3.63, 3.8) is 0 Å². The number of aromatic nitrogens is 1. The standard InChI is InChI=1S/C23H21N2O6/c1-14-19(22(26)30-3)21(16-10-12-18(13-11-16)25(28)29)20(23(27)31-4)15(2)24(14)17-8-6-5-7-9-17/h5-13H,1-4H3/q+1. The van der Waals surface area contributed by atoms with Gasteiger partial charge in [-0.25, -0.2) is 9.59 Å². The molecule has 0 saturated heterocycles. The smallest absolute Gasteiger partial charge is 0.344 e. The highest BCUT2D eigenvalue weighted by molar-refractivity contribution is 6.06. The Morgan fingerprint density at radius 1 is 0.839 bits per heavy atom. The third kappa shape index (κ3) is 3.87. The Morgan fingerprint density at radius 3 is 1.74 bits per heavy atom. The number of para-hydroxylation sites is 1. The number of pyridine rings is 1. The van der Waals surface area contributed by atoms with Gasteiger partial charge in [0.15, 0.2) is 11.4 Å². The molecule has 0 saturated carbocycles. The average molecular weight is 421 g/mol. The third-order valence-corrected chi connectivity index (χ3v) is 5.05. The molecule has 2 aromatic carbocycles. The number of hydrogen-bond donors (Lipinski definition) is 0. The molecule has 158 valence electrons. The van der Waals surface area contributed by atoms with Crippen LogP contribution in [0.4, 0.5) is 5.69 Å². The molecule has 8 nitrogen and oxygen atoms in total. The van der Waals surface area contributed by atoms with Crippen molar-refractivity contribution in [2.24, 2.45) is 0 Å². The zero-order chi connectivity index (χ0) is 22.7. The molecule has 3 rings (SSSR count). The molecule has 1 heterocycles. The molecule has 0 unspecified atom stereocenters. The van der Waals surface area contributed by atoms with E-state index in [1.807, 2.05) is 30.3 Å². The van der Waals surface area contributed by atoms with Crippen molar-refractivity contribution in [3.8, 4) is 16.8 Å². The van der Waals surface area contributed by atoms with Crippen LogP contribution in [-0.2, 0) is 9.47 Å². The molecule has 0 amide bonds. The van der Waals surface area contributed by atoms with Crippen LogP contribution in [0.15, 0.2) is 54.6 Å². The van der Waals surface area contributed by atoms with E-state index in [0.29, 0.717) is 22.5 Å². The van der Waals surface area contributed by atoms with Gasteiger partial charge in [0.05, 0.1) is 19.1 Å². The van der Waals surface area contributed by atoms with Crippen molar-refractivity contribution >= 4 is 17.6 Å². The molecule has 0 aliphatic carbocycles. The van der Waals surface area contributed by atoms with Gasteiger partial charge in [0.2, 0.25) is 5.69 Å². The first-order valence-electron chi connectivity index (χ1n) is 9.37. The van der Waals surface area contributed by atoms with Gasteiger partial charge in [0, 0.05) is 43.7 Å². The van der Waals surface area contributed by atoms with Gasteiger partial charge < -0.3 is 9.47 Å². The Bertz CT molecular complexity index is 1130. The van der Waals surface area contributed by atoms with Crippen molar-refractivity contribution in [1.82, 2.24) is 0 Å². The number of ether oxygens (including phenoxy) is 2. The van der Waals surface area contributed by atoms with E-state index in [1.165, 1.54) is 38.5 Å². The number of nitrogens with zero attached hydrogens (tertiary/aromatic N) is 2. The first-order valence-corrected chi connectivity index (χ1v) is 9.37. The van der Waals surface area contributed by atoms with Gasteiger partial charge in [-0.15, -0.1) is 0 Å². The summed E-state index contributed by atoms with van der Waals surface area (Å²) in [4.78, 5) is 36.3. The van der Waals surface area contributed by atoms with E-state index in [0.717, 1.165) is 5.69 Å². The molecule has 0 spiro atoms. The minimum Gasteiger partial charge on any atom is -0.465 e. The molecule has 8 heteroatoms. The maximum absolute atomic E-state index is 12.9. The summed E-state index contributed by atoms with van der Waals surface area (Å²) in [6, 6.07) is 14.9. The number of rotatable bonds is 5. The van der Waals surface area contributed by atoms with Crippen LogP contribution in [-0.4, -0.2) is 31.1 Å². The fourth-order valence-electron chi connectivity index (χ4n) is 3.67. The van der Waals surface area contributed by atoms with Crippen molar-refractivity contribution < 1.29 is 28.6 Å². The highest BCUT2D eigenvalue weighted by Crippen LogP contribution is 2.33. The largest absolute Gasteiger partial charge is 0.465 e. The van der Waals surface area contributed by atoms with Crippen LogP contribution in [0.1, 0.15) is 32.1 Å². The monoisotopic (exact) mass is 421 g/mol. The quantitative estimate of drug-likeness (QED) is 0.269. The number of carbonyl (C=O) groups excluding carboxylic acids is 2. The maximum atomic E-state index is 12.9. The highest BCUT2D eigenvalue weighted by Gasteiger charge is 2.35. The van der Waals surface area contributed by atoms with Crippen molar-refractivity contribution in [2.45, 2.75) is 13.8 Å². The Labute approximate surface area is 178 Å². The van der Waals surface area contributed by atoms with E-state index in [4.69, 9.17) is 9.47 Å². The van der Waals surface area contributed by atoms with Crippen molar-refractivity contribution in [1.29, 1.82) is 0 Å². The molecule has 0 fully saturated rings. The number of hydrogen-bond acceptors (Lipinski definition) is 6. The summed E-state index contributed by atoms with van der Waals surface area (Å²) in [5, 5.41) is 11.1. The number of non-ortho nitro benzene ring substituents is 1. The molecule has 0 N–H and O–H groups in total. The summed E-state index contributed by atoms with van der Waals surface area (Å²) in [5.74, 6) is -1.28. The molecule has 0 bridgehead atoms. The Hall–Kier alpha value is -4.07. The minimum atomic E-state index is -0.638. The van der Waals surface area contributed by atoms with Gasteiger partial charge in [-0.2, -0.15) is 4.57 Å². The molecule has 31 heavy (non-hydrogen) atoms. The second-order valence-electron chi connectivity index (χ2n) is 6.75. The summed E-state index contributed by atoms with van der Waals surface area (Å²) in [6.07, 6.45) is 0. The fraction of sp³-hybridized carbons (Fsp3) is 0.174. The number of esters is 2. The van der Waals surface area contributed by atoms with Gasteiger partial charge in [0.25, 0.3) is 5.69 Å². The summed E-state index contributed by atoms with van der Waals surface area (Å²) in [6.45, 7) is 3.50. The maximum Gasteiger partial charge on any atom is 0.344 e. The lowest BCUT2D eigenvalue weighted by atomic mass is 9.91. The average Bonchev–Trinajstić information content (AvgIpc) is 2.78. The molecule has 0 aliphatic rings. The summed E-state index contributed by atoms with van der Waals surface area (Å²) < 4.78 is 11.8. The van der Waals surface area contributed by atoms with Crippen molar-refractivity contribution in [3.05, 3.63) is 87.2 Å². The van der Waals surface area contributed by atoms with E-state index >= 15 is 0 Å². The van der Waals surface area contributed by atoms with E-state index in [1.54, 1.807) is 18.4 Å². The topological polar surface area (TPSA) is 99.6 Å². The second kappa shape index (κ2) is 8.74. The molecule has 0 radical (unpaired) electrons.